The number of benzene rings is 1. The first-order valence-electron chi connectivity index (χ1n) is 6.72. The minimum atomic E-state index is -0.0789. The molecule has 1 heterocycles. The summed E-state index contributed by atoms with van der Waals surface area (Å²) in [5.41, 5.74) is 1.53. The van der Waals surface area contributed by atoms with Crippen LogP contribution in [-0.4, -0.2) is 33.8 Å². The summed E-state index contributed by atoms with van der Waals surface area (Å²) in [4.78, 5) is 4.38. The van der Waals surface area contributed by atoms with Crippen molar-refractivity contribution in [3.8, 4) is 5.75 Å². The molecule has 0 aliphatic carbocycles. The van der Waals surface area contributed by atoms with Gasteiger partial charge in [-0.2, -0.15) is 5.10 Å². The summed E-state index contributed by atoms with van der Waals surface area (Å²) >= 11 is 3.49. The molecule has 0 aliphatic rings. The molecule has 1 aromatic carbocycles. The monoisotopic (exact) mass is 351 g/mol. The summed E-state index contributed by atoms with van der Waals surface area (Å²) in [5.74, 6) is 1.45. The van der Waals surface area contributed by atoms with E-state index in [4.69, 9.17) is 9.84 Å². The predicted molar refractivity (Wildman–Crippen MR) is 88.7 cm³/mol. The minimum absolute atomic E-state index is 0.0789. The van der Waals surface area contributed by atoms with Crippen LogP contribution in [0.25, 0.3) is 16.7 Å². The largest absolute Gasteiger partial charge is 0.493 e. The van der Waals surface area contributed by atoms with Crippen LogP contribution in [0.15, 0.2) is 33.9 Å². The Morgan fingerprint density at radius 3 is 2.90 bits per heavy atom. The van der Waals surface area contributed by atoms with Gasteiger partial charge in [-0.15, -0.1) is 0 Å². The van der Waals surface area contributed by atoms with Crippen molar-refractivity contribution in [2.45, 2.75) is 20.8 Å². The van der Waals surface area contributed by atoms with Gasteiger partial charge in [0, 0.05) is 10.2 Å². The lowest BCUT2D eigenvalue weighted by molar-refractivity contribution is 0.344. The molecule has 0 unspecified atom stereocenters. The van der Waals surface area contributed by atoms with Crippen molar-refractivity contribution in [2.75, 3.05) is 13.2 Å². The highest BCUT2D eigenvalue weighted by molar-refractivity contribution is 9.10. The third-order valence-electron chi connectivity index (χ3n) is 2.92. The van der Waals surface area contributed by atoms with E-state index < -0.39 is 0 Å². The highest BCUT2D eigenvalue weighted by atomic mass is 79.9. The standard InChI is InChI=1S/C15H18BrN3O2/c1-4-15(18-10(3)9-20)19-13-6-11(16)7-14(21-5-2)12(13)8-17-19/h4,6-8,20H,5,9H2,1-3H3/b15-4+,18-10?. The van der Waals surface area contributed by atoms with Gasteiger partial charge in [0.15, 0.2) is 0 Å². The van der Waals surface area contributed by atoms with Gasteiger partial charge >= 0.3 is 0 Å². The van der Waals surface area contributed by atoms with Crippen molar-refractivity contribution in [1.29, 1.82) is 0 Å². The summed E-state index contributed by atoms with van der Waals surface area (Å²) in [6.45, 7) is 6.12. The van der Waals surface area contributed by atoms with Crippen LogP contribution in [0, 0.1) is 0 Å². The molecule has 6 heteroatoms. The van der Waals surface area contributed by atoms with Crippen LogP contribution in [-0.2, 0) is 0 Å². The van der Waals surface area contributed by atoms with Gasteiger partial charge in [0.2, 0.25) is 0 Å². The number of aliphatic hydroxyl groups is 1. The van der Waals surface area contributed by atoms with E-state index >= 15 is 0 Å². The molecule has 1 aromatic heterocycles. The number of fused-ring (bicyclic) bond motifs is 1. The van der Waals surface area contributed by atoms with Crippen molar-refractivity contribution in [3.63, 3.8) is 0 Å². The zero-order valence-electron chi connectivity index (χ0n) is 12.3. The lowest BCUT2D eigenvalue weighted by Crippen LogP contribution is -2.03. The van der Waals surface area contributed by atoms with E-state index in [9.17, 15) is 0 Å². The van der Waals surface area contributed by atoms with E-state index in [0.717, 1.165) is 21.1 Å². The van der Waals surface area contributed by atoms with Crippen LogP contribution >= 0.6 is 15.9 Å². The Balaban J connectivity index is 2.60. The molecular weight excluding hydrogens is 334 g/mol. The van der Waals surface area contributed by atoms with Crippen LogP contribution in [0.5, 0.6) is 5.75 Å². The van der Waals surface area contributed by atoms with Crippen molar-refractivity contribution in [1.82, 2.24) is 9.78 Å². The maximum atomic E-state index is 9.13. The van der Waals surface area contributed by atoms with Gasteiger partial charge < -0.3 is 9.84 Å². The second-order valence-corrected chi connectivity index (χ2v) is 5.39. The number of allylic oxidation sites excluding steroid dienone is 1. The van der Waals surface area contributed by atoms with Gasteiger partial charge in [-0.3, -0.25) is 0 Å². The fraction of sp³-hybridized carbons (Fsp3) is 0.333. The Bertz CT molecular complexity index is 704. The van der Waals surface area contributed by atoms with Crippen molar-refractivity contribution >= 4 is 38.4 Å². The van der Waals surface area contributed by atoms with Crippen LogP contribution in [0.2, 0.25) is 0 Å². The molecule has 0 saturated heterocycles. The Morgan fingerprint density at radius 1 is 1.52 bits per heavy atom. The smallest absolute Gasteiger partial charge is 0.149 e. The Morgan fingerprint density at radius 2 is 2.29 bits per heavy atom. The SMILES string of the molecule is C/C=C(\N=C(C)CO)n1ncc2c(OCC)cc(Br)cc21. The molecule has 2 rings (SSSR count). The van der Waals surface area contributed by atoms with Crippen molar-refractivity contribution in [2.24, 2.45) is 4.99 Å². The average molecular weight is 352 g/mol. The highest BCUT2D eigenvalue weighted by Crippen LogP contribution is 2.31. The highest BCUT2D eigenvalue weighted by Gasteiger charge is 2.12. The number of hydrogen-bond donors (Lipinski definition) is 1. The fourth-order valence-electron chi connectivity index (χ4n) is 1.98. The minimum Gasteiger partial charge on any atom is -0.493 e. The van der Waals surface area contributed by atoms with Gasteiger partial charge in [-0.25, -0.2) is 9.67 Å². The molecule has 1 N–H and O–H groups in total. The molecule has 5 nitrogen and oxygen atoms in total. The molecule has 112 valence electrons. The number of aromatic nitrogens is 2. The van der Waals surface area contributed by atoms with E-state index in [1.165, 1.54) is 0 Å². The third kappa shape index (κ3) is 3.33. The van der Waals surface area contributed by atoms with Crippen molar-refractivity contribution < 1.29 is 9.84 Å². The van der Waals surface area contributed by atoms with Gasteiger partial charge in [-0.05, 0) is 39.0 Å². The average Bonchev–Trinajstić information content (AvgIpc) is 2.88. The first-order chi connectivity index (χ1) is 10.1. The van der Waals surface area contributed by atoms with Crippen molar-refractivity contribution in [3.05, 3.63) is 28.9 Å². The normalized spacial score (nSPS) is 13.0. The molecule has 0 radical (unpaired) electrons. The van der Waals surface area contributed by atoms with Crippen LogP contribution in [0.4, 0.5) is 0 Å². The third-order valence-corrected chi connectivity index (χ3v) is 3.38. The summed E-state index contributed by atoms with van der Waals surface area (Å²) in [5, 5.41) is 14.5. The maximum absolute atomic E-state index is 9.13. The van der Waals surface area contributed by atoms with Crippen LogP contribution < -0.4 is 4.74 Å². The van der Waals surface area contributed by atoms with Crippen LogP contribution in [0.1, 0.15) is 20.8 Å². The molecule has 0 fully saturated rings. The molecular formula is C15H18BrN3O2. The molecule has 0 aliphatic heterocycles. The summed E-state index contributed by atoms with van der Waals surface area (Å²) in [7, 11) is 0. The second-order valence-electron chi connectivity index (χ2n) is 4.48. The van der Waals surface area contributed by atoms with E-state index in [-0.39, 0.29) is 6.61 Å². The summed E-state index contributed by atoms with van der Waals surface area (Å²) < 4.78 is 8.30. The zero-order chi connectivity index (χ0) is 15.4. The fourth-order valence-corrected chi connectivity index (χ4v) is 2.41. The Hall–Kier alpha value is -1.66. The Labute approximate surface area is 132 Å². The number of aliphatic imine (C=N–C) groups is 1. The molecule has 0 atom stereocenters. The zero-order valence-corrected chi connectivity index (χ0v) is 13.9. The van der Waals surface area contributed by atoms with Gasteiger partial charge in [0.25, 0.3) is 0 Å². The van der Waals surface area contributed by atoms with Gasteiger partial charge in [0.05, 0.1) is 30.3 Å². The van der Waals surface area contributed by atoms with Crippen LogP contribution in [0.3, 0.4) is 0 Å². The number of halogens is 1. The number of rotatable bonds is 5. The first kappa shape index (κ1) is 15.7. The number of hydrogen-bond acceptors (Lipinski definition) is 4. The predicted octanol–water partition coefficient (Wildman–Crippen LogP) is 3.47. The molecule has 0 amide bonds. The van der Waals surface area contributed by atoms with E-state index in [2.05, 4.69) is 26.0 Å². The first-order valence-corrected chi connectivity index (χ1v) is 7.51. The molecule has 0 spiro atoms. The van der Waals surface area contributed by atoms with Gasteiger partial charge in [0.1, 0.15) is 11.6 Å². The second kappa shape index (κ2) is 6.87. The van der Waals surface area contributed by atoms with E-state index in [1.54, 1.807) is 17.8 Å². The number of aliphatic hydroxyl groups excluding tert-OH is 1. The lowest BCUT2D eigenvalue weighted by atomic mass is 10.2. The summed E-state index contributed by atoms with van der Waals surface area (Å²) in [6.07, 6.45) is 3.62. The summed E-state index contributed by atoms with van der Waals surface area (Å²) in [6, 6.07) is 3.90. The molecule has 0 saturated carbocycles. The maximum Gasteiger partial charge on any atom is 0.149 e. The number of nitrogens with zero attached hydrogens (tertiary/aromatic N) is 3. The van der Waals surface area contributed by atoms with Gasteiger partial charge in [-0.1, -0.05) is 15.9 Å². The molecule has 0 bridgehead atoms. The Kier molecular flexibility index (Phi) is 5.14. The molecule has 2 aromatic rings. The quantitative estimate of drug-likeness (QED) is 0.839. The topological polar surface area (TPSA) is 59.6 Å². The molecule has 21 heavy (non-hydrogen) atoms. The number of ether oxygens (including phenoxy) is 1. The van der Waals surface area contributed by atoms with E-state index in [1.807, 2.05) is 32.1 Å². The lowest BCUT2D eigenvalue weighted by Gasteiger charge is -2.08. The van der Waals surface area contributed by atoms with E-state index in [0.29, 0.717) is 18.1 Å².